The SMILES string of the molecule is Cc1ccsc1C(=O)N1CCCC1c1nnc2n1CCCCC2. The lowest BCUT2D eigenvalue weighted by atomic mass is 10.2. The van der Waals surface area contributed by atoms with Crippen LogP contribution in [0.1, 0.15) is 65.0 Å². The zero-order chi connectivity index (χ0) is 15.8. The van der Waals surface area contributed by atoms with Crippen molar-refractivity contribution in [3.8, 4) is 0 Å². The number of aromatic nitrogens is 3. The summed E-state index contributed by atoms with van der Waals surface area (Å²) in [6.45, 7) is 3.83. The van der Waals surface area contributed by atoms with Gasteiger partial charge in [0.15, 0.2) is 5.82 Å². The molecule has 0 bridgehead atoms. The molecule has 2 aromatic rings. The molecule has 1 atom stereocenters. The summed E-state index contributed by atoms with van der Waals surface area (Å²) in [4.78, 5) is 15.8. The van der Waals surface area contributed by atoms with Gasteiger partial charge in [-0.3, -0.25) is 4.79 Å². The van der Waals surface area contributed by atoms with Crippen LogP contribution in [0.5, 0.6) is 0 Å². The van der Waals surface area contributed by atoms with Crippen LogP contribution in [0.25, 0.3) is 0 Å². The molecule has 0 spiro atoms. The first-order chi connectivity index (χ1) is 11.3. The van der Waals surface area contributed by atoms with E-state index in [1.807, 2.05) is 23.3 Å². The van der Waals surface area contributed by atoms with Crippen LogP contribution in [-0.4, -0.2) is 32.1 Å². The first-order valence-electron chi connectivity index (χ1n) is 8.53. The Morgan fingerprint density at radius 3 is 2.96 bits per heavy atom. The van der Waals surface area contributed by atoms with Crippen LogP contribution in [0, 0.1) is 6.92 Å². The van der Waals surface area contributed by atoms with Crippen molar-refractivity contribution in [3.63, 3.8) is 0 Å². The summed E-state index contributed by atoms with van der Waals surface area (Å²) in [6.07, 6.45) is 6.68. The minimum absolute atomic E-state index is 0.0864. The Morgan fingerprint density at radius 1 is 1.22 bits per heavy atom. The van der Waals surface area contributed by atoms with Gasteiger partial charge in [-0.15, -0.1) is 21.5 Å². The van der Waals surface area contributed by atoms with E-state index in [2.05, 4.69) is 14.8 Å². The van der Waals surface area contributed by atoms with E-state index in [1.54, 1.807) is 11.3 Å². The van der Waals surface area contributed by atoms with E-state index < -0.39 is 0 Å². The van der Waals surface area contributed by atoms with Crippen molar-refractivity contribution in [1.82, 2.24) is 19.7 Å². The van der Waals surface area contributed by atoms with Gasteiger partial charge in [-0.1, -0.05) is 6.42 Å². The monoisotopic (exact) mass is 330 g/mol. The maximum atomic E-state index is 12.9. The Balaban J connectivity index is 1.65. The number of amides is 1. The molecule has 6 heteroatoms. The first-order valence-corrected chi connectivity index (χ1v) is 9.40. The lowest BCUT2D eigenvalue weighted by molar-refractivity contribution is 0.0731. The molecule has 1 saturated heterocycles. The molecule has 0 N–H and O–H groups in total. The molecule has 0 aromatic carbocycles. The van der Waals surface area contributed by atoms with E-state index in [9.17, 15) is 4.79 Å². The predicted molar refractivity (Wildman–Crippen MR) is 89.6 cm³/mol. The Kier molecular flexibility index (Phi) is 3.93. The minimum Gasteiger partial charge on any atom is -0.328 e. The Bertz CT molecular complexity index is 720. The van der Waals surface area contributed by atoms with E-state index in [1.165, 1.54) is 19.3 Å². The van der Waals surface area contributed by atoms with Crippen LogP contribution in [0.2, 0.25) is 0 Å². The molecule has 1 unspecified atom stereocenters. The maximum absolute atomic E-state index is 12.9. The Morgan fingerprint density at radius 2 is 2.13 bits per heavy atom. The van der Waals surface area contributed by atoms with E-state index in [4.69, 9.17) is 0 Å². The van der Waals surface area contributed by atoms with Crippen LogP contribution >= 0.6 is 11.3 Å². The lowest BCUT2D eigenvalue weighted by Gasteiger charge is -2.24. The molecule has 2 aromatic heterocycles. The fourth-order valence-electron chi connectivity index (χ4n) is 3.75. The fraction of sp³-hybridized carbons (Fsp3) is 0.588. The number of carbonyl (C=O) groups is 1. The third-order valence-corrected chi connectivity index (χ3v) is 6.01. The first kappa shape index (κ1) is 14.9. The van der Waals surface area contributed by atoms with Crippen LogP contribution in [-0.2, 0) is 13.0 Å². The Labute approximate surface area is 140 Å². The van der Waals surface area contributed by atoms with Gasteiger partial charge in [0.25, 0.3) is 5.91 Å². The maximum Gasteiger partial charge on any atom is 0.264 e. The van der Waals surface area contributed by atoms with Crippen LogP contribution in [0.3, 0.4) is 0 Å². The van der Waals surface area contributed by atoms with Crippen molar-refractivity contribution in [3.05, 3.63) is 33.5 Å². The summed E-state index contributed by atoms with van der Waals surface area (Å²) in [7, 11) is 0. The third-order valence-electron chi connectivity index (χ3n) is 5.01. The van der Waals surface area contributed by atoms with Gasteiger partial charge < -0.3 is 9.47 Å². The van der Waals surface area contributed by atoms with Crippen molar-refractivity contribution < 1.29 is 4.79 Å². The molecule has 122 valence electrons. The molecule has 0 aliphatic carbocycles. The van der Waals surface area contributed by atoms with Gasteiger partial charge in [0, 0.05) is 19.5 Å². The number of hydrogen-bond donors (Lipinski definition) is 0. The number of likely N-dealkylation sites (tertiary alicyclic amines) is 1. The molecular weight excluding hydrogens is 308 g/mol. The second kappa shape index (κ2) is 6.07. The zero-order valence-electron chi connectivity index (χ0n) is 13.5. The molecule has 2 aliphatic rings. The van der Waals surface area contributed by atoms with E-state index in [0.29, 0.717) is 0 Å². The third kappa shape index (κ3) is 2.59. The molecular formula is C17H22N4OS. The zero-order valence-corrected chi connectivity index (χ0v) is 14.3. The van der Waals surface area contributed by atoms with E-state index in [0.717, 1.165) is 54.4 Å². The summed E-state index contributed by atoms with van der Waals surface area (Å²) in [5, 5.41) is 10.9. The highest BCUT2D eigenvalue weighted by Crippen LogP contribution is 2.34. The fourth-order valence-corrected chi connectivity index (χ4v) is 4.63. The number of carbonyl (C=O) groups excluding carboxylic acids is 1. The number of hydrogen-bond acceptors (Lipinski definition) is 4. The number of thiophene rings is 1. The highest BCUT2D eigenvalue weighted by Gasteiger charge is 2.35. The van der Waals surface area contributed by atoms with Gasteiger partial charge in [-0.2, -0.15) is 0 Å². The number of rotatable bonds is 2. The highest BCUT2D eigenvalue weighted by atomic mass is 32.1. The number of aryl methyl sites for hydroxylation is 2. The summed E-state index contributed by atoms with van der Waals surface area (Å²) in [5.74, 6) is 2.26. The normalized spacial score (nSPS) is 21.3. The summed E-state index contributed by atoms with van der Waals surface area (Å²) in [6, 6.07) is 2.11. The molecule has 1 fully saturated rings. The van der Waals surface area contributed by atoms with Crippen LogP contribution in [0.15, 0.2) is 11.4 Å². The molecule has 5 nitrogen and oxygen atoms in total. The topological polar surface area (TPSA) is 51.0 Å². The summed E-state index contributed by atoms with van der Waals surface area (Å²) >= 11 is 1.54. The molecule has 1 amide bonds. The van der Waals surface area contributed by atoms with Crippen molar-refractivity contribution in [2.45, 2.75) is 58.0 Å². The van der Waals surface area contributed by atoms with E-state index in [-0.39, 0.29) is 11.9 Å². The van der Waals surface area contributed by atoms with Crippen LogP contribution < -0.4 is 0 Å². The van der Waals surface area contributed by atoms with Crippen molar-refractivity contribution in [1.29, 1.82) is 0 Å². The second-order valence-electron chi connectivity index (χ2n) is 6.53. The standard InChI is InChI=1S/C17H22N4OS/c1-12-8-11-23-15(12)17(22)20-10-5-6-13(20)16-19-18-14-7-3-2-4-9-21(14)16/h8,11,13H,2-7,9-10H2,1H3. The number of fused-ring (bicyclic) bond motifs is 1. The highest BCUT2D eigenvalue weighted by molar-refractivity contribution is 7.12. The lowest BCUT2D eigenvalue weighted by Crippen LogP contribution is -2.32. The molecule has 4 heterocycles. The number of nitrogens with zero attached hydrogens (tertiary/aromatic N) is 4. The summed E-state index contributed by atoms with van der Waals surface area (Å²) < 4.78 is 2.28. The van der Waals surface area contributed by atoms with Crippen LogP contribution in [0.4, 0.5) is 0 Å². The van der Waals surface area contributed by atoms with Crippen molar-refractivity contribution in [2.75, 3.05) is 6.54 Å². The van der Waals surface area contributed by atoms with E-state index >= 15 is 0 Å². The average molecular weight is 330 g/mol. The quantitative estimate of drug-likeness (QED) is 0.848. The predicted octanol–water partition coefficient (Wildman–Crippen LogP) is 3.35. The average Bonchev–Trinajstić information content (AvgIpc) is 3.23. The van der Waals surface area contributed by atoms with Gasteiger partial charge in [-0.05, 0) is 49.6 Å². The molecule has 4 rings (SSSR count). The van der Waals surface area contributed by atoms with Gasteiger partial charge in [-0.25, -0.2) is 0 Å². The van der Waals surface area contributed by atoms with Gasteiger partial charge >= 0.3 is 0 Å². The van der Waals surface area contributed by atoms with Gasteiger partial charge in [0.05, 0.1) is 10.9 Å². The minimum atomic E-state index is 0.0864. The van der Waals surface area contributed by atoms with Gasteiger partial charge in [0.2, 0.25) is 0 Å². The molecule has 0 radical (unpaired) electrons. The molecule has 0 saturated carbocycles. The molecule has 2 aliphatic heterocycles. The largest absolute Gasteiger partial charge is 0.328 e. The molecule has 23 heavy (non-hydrogen) atoms. The Hall–Kier alpha value is -1.69. The summed E-state index contributed by atoms with van der Waals surface area (Å²) in [5.41, 5.74) is 1.07. The smallest absolute Gasteiger partial charge is 0.264 e. The van der Waals surface area contributed by atoms with Gasteiger partial charge in [0.1, 0.15) is 5.82 Å². The van der Waals surface area contributed by atoms with Crippen molar-refractivity contribution >= 4 is 17.2 Å². The second-order valence-corrected chi connectivity index (χ2v) is 7.44. The van der Waals surface area contributed by atoms with Crippen molar-refractivity contribution in [2.24, 2.45) is 0 Å².